The Morgan fingerprint density at radius 2 is 1.80 bits per heavy atom. The molecular weight excluding hydrogens is 346 g/mol. The van der Waals surface area contributed by atoms with Gasteiger partial charge in [-0.3, -0.25) is 9.59 Å². The number of carbonyl (C=O) groups is 2. The summed E-state index contributed by atoms with van der Waals surface area (Å²) in [7, 11) is 0. The van der Waals surface area contributed by atoms with Crippen molar-refractivity contribution in [2.24, 2.45) is 11.7 Å². The van der Waals surface area contributed by atoms with Crippen molar-refractivity contribution in [3.63, 3.8) is 0 Å². The van der Waals surface area contributed by atoms with E-state index in [4.69, 9.17) is 5.73 Å². The second-order valence-electron chi connectivity index (χ2n) is 4.51. The minimum absolute atomic E-state index is 0. The van der Waals surface area contributed by atoms with E-state index in [0.717, 1.165) is 4.47 Å². The van der Waals surface area contributed by atoms with Gasteiger partial charge in [0, 0.05) is 17.4 Å². The molecule has 2 unspecified atom stereocenters. The number of hydrogen-bond donors (Lipinski definition) is 3. The molecule has 1 rings (SSSR count). The van der Waals surface area contributed by atoms with Crippen LogP contribution >= 0.6 is 28.3 Å². The number of carbonyl (C=O) groups excluding carboxylic acids is 2. The van der Waals surface area contributed by atoms with Gasteiger partial charge in [0.1, 0.15) is 0 Å². The predicted molar refractivity (Wildman–Crippen MR) is 87.1 cm³/mol. The molecule has 2 atom stereocenters. The molecule has 112 valence electrons. The van der Waals surface area contributed by atoms with Crippen molar-refractivity contribution >= 4 is 51.5 Å². The minimum Gasteiger partial charge on any atom is -0.327 e. The third-order valence-electron chi connectivity index (χ3n) is 2.75. The van der Waals surface area contributed by atoms with E-state index in [0.29, 0.717) is 11.4 Å². The topological polar surface area (TPSA) is 84.2 Å². The molecule has 0 aliphatic rings. The highest BCUT2D eigenvalue weighted by Crippen LogP contribution is 2.26. The Bertz CT molecular complexity index is 495. The maximum Gasteiger partial charge on any atom is 0.228 e. The first kappa shape index (κ1) is 18.9. The summed E-state index contributed by atoms with van der Waals surface area (Å²) in [6.07, 6.45) is 0. The monoisotopic (exact) mass is 363 g/mol. The van der Waals surface area contributed by atoms with Crippen LogP contribution in [0.4, 0.5) is 11.4 Å². The van der Waals surface area contributed by atoms with Crippen LogP contribution in [-0.4, -0.2) is 17.9 Å². The molecule has 0 heterocycles. The SMILES string of the molecule is CC(=O)Nc1ccc(Br)cc1NC(=O)C(C)C(C)N.Cl. The van der Waals surface area contributed by atoms with Crippen LogP contribution in [0, 0.1) is 5.92 Å². The molecule has 5 nitrogen and oxygen atoms in total. The van der Waals surface area contributed by atoms with E-state index in [1.54, 1.807) is 32.0 Å². The Kier molecular flexibility index (Phi) is 7.78. The lowest BCUT2D eigenvalue weighted by atomic mass is 10.0. The zero-order valence-corrected chi connectivity index (χ0v) is 14.0. The summed E-state index contributed by atoms with van der Waals surface area (Å²) in [4.78, 5) is 23.1. The maximum absolute atomic E-state index is 12.0. The Morgan fingerprint density at radius 1 is 1.20 bits per heavy atom. The molecule has 0 saturated heterocycles. The Hall–Kier alpha value is -1.11. The van der Waals surface area contributed by atoms with Crippen LogP contribution in [0.2, 0.25) is 0 Å². The molecule has 7 heteroatoms. The van der Waals surface area contributed by atoms with Gasteiger partial charge in [-0.15, -0.1) is 12.4 Å². The molecule has 0 saturated carbocycles. The van der Waals surface area contributed by atoms with Crippen LogP contribution in [0.1, 0.15) is 20.8 Å². The third kappa shape index (κ3) is 5.48. The van der Waals surface area contributed by atoms with E-state index in [1.165, 1.54) is 6.92 Å². The number of nitrogens with one attached hydrogen (secondary N) is 2. The largest absolute Gasteiger partial charge is 0.327 e. The average Bonchev–Trinajstić information content (AvgIpc) is 2.31. The highest BCUT2D eigenvalue weighted by atomic mass is 79.9. The molecule has 1 aromatic rings. The van der Waals surface area contributed by atoms with Crippen molar-refractivity contribution in [3.05, 3.63) is 22.7 Å². The molecule has 2 amide bonds. The molecule has 4 N–H and O–H groups in total. The number of hydrogen-bond acceptors (Lipinski definition) is 3. The van der Waals surface area contributed by atoms with Crippen molar-refractivity contribution in [1.82, 2.24) is 0 Å². The number of halogens is 2. The van der Waals surface area contributed by atoms with Crippen LogP contribution in [0.25, 0.3) is 0 Å². The van der Waals surface area contributed by atoms with Crippen LogP contribution in [-0.2, 0) is 9.59 Å². The number of rotatable bonds is 4. The van der Waals surface area contributed by atoms with Crippen molar-refractivity contribution in [3.8, 4) is 0 Å². The van der Waals surface area contributed by atoms with E-state index < -0.39 is 0 Å². The summed E-state index contributed by atoms with van der Waals surface area (Å²) in [5.74, 6) is -0.693. The first-order chi connectivity index (χ1) is 8.81. The van der Waals surface area contributed by atoms with E-state index in [2.05, 4.69) is 26.6 Å². The van der Waals surface area contributed by atoms with Gasteiger partial charge in [0.05, 0.1) is 17.3 Å². The van der Waals surface area contributed by atoms with E-state index >= 15 is 0 Å². The van der Waals surface area contributed by atoms with Crippen LogP contribution in [0.5, 0.6) is 0 Å². The van der Waals surface area contributed by atoms with Crippen molar-refractivity contribution in [1.29, 1.82) is 0 Å². The number of benzene rings is 1. The summed E-state index contributed by atoms with van der Waals surface area (Å²) in [6.45, 7) is 4.95. The van der Waals surface area contributed by atoms with Gasteiger partial charge >= 0.3 is 0 Å². The van der Waals surface area contributed by atoms with Crippen molar-refractivity contribution in [2.45, 2.75) is 26.8 Å². The molecule has 0 fully saturated rings. The third-order valence-corrected chi connectivity index (χ3v) is 3.25. The Labute approximate surface area is 133 Å². The fourth-order valence-corrected chi connectivity index (χ4v) is 1.76. The smallest absolute Gasteiger partial charge is 0.228 e. The lowest BCUT2D eigenvalue weighted by Gasteiger charge is -2.17. The van der Waals surface area contributed by atoms with Gasteiger partial charge in [0.2, 0.25) is 11.8 Å². The lowest BCUT2D eigenvalue weighted by molar-refractivity contribution is -0.120. The summed E-state index contributed by atoms with van der Waals surface area (Å²) < 4.78 is 0.811. The second-order valence-corrected chi connectivity index (χ2v) is 5.42. The van der Waals surface area contributed by atoms with Gasteiger partial charge in [-0.1, -0.05) is 22.9 Å². The van der Waals surface area contributed by atoms with Crippen molar-refractivity contribution in [2.75, 3.05) is 10.6 Å². The number of amides is 2. The molecule has 1 aromatic carbocycles. The Morgan fingerprint density at radius 3 is 2.30 bits per heavy atom. The summed E-state index contributed by atoms with van der Waals surface area (Å²) in [5.41, 5.74) is 6.80. The summed E-state index contributed by atoms with van der Waals surface area (Å²) in [5, 5.41) is 5.44. The predicted octanol–water partition coefficient (Wildman–Crippen LogP) is 2.75. The van der Waals surface area contributed by atoms with Crippen molar-refractivity contribution < 1.29 is 9.59 Å². The first-order valence-corrected chi connectivity index (χ1v) is 6.74. The highest BCUT2D eigenvalue weighted by Gasteiger charge is 2.18. The highest BCUT2D eigenvalue weighted by molar-refractivity contribution is 9.10. The van der Waals surface area contributed by atoms with Gasteiger partial charge in [-0.25, -0.2) is 0 Å². The van der Waals surface area contributed by atoms with E-state index in [1.807, 2.05) is 0 Å². The fourth-order valence-electron chi connectivity index (χ4n) is 1.40. The summed E-state index contributed by atoms with van der Waals surface area (Å²) >= 11 is 3.33. The molecule has 0 spiro atoms. The maximum atomic E-state index is 12.0. The lowest BCUT2D eigenvalue weighted by Crippen LogP contribution is -2.34. The normalized spacial score (nSPS) is 12.8. The van der Waals surface area contributed by atoms with Crippen LogP contribution < -0.4 is 16.4 Å². The van der Waals surface area contributed by atoms with Gasteiger partial charge < -0.3 is 16.4 Å². The number of anilines is 2. The Balaban J connectivity index is 0.00000361. The molecule has 0 bridgehead atoms. The molecule has 0 aromatic heterocycles. The van der Waals surface area contributed by atoms with E-state index in [9.17, 15) is 9.59 Å². The van der Waals surface area contributed by atoms with Gasteiger partial charge in [-0.05, 0) is 25.1 Å². The van der Waals surface area contributed by atoms with Gasteiger partial charge in [0.25, 0.3) is 0 Å². The average molecular weight is 365 g/mol. The second kappa shape index (κ2) is 8.24. The molecule has 0 aliphatic carbocycles. The minimum atomic E-state index is -0.316. The van der Waals surface area contributed by atoms with Crippen LogP contribution in [0.15, 0.2) is 22.7 Å². The summed E-state index contributed by atoms with van der Waals surface area (Å²) in [6, 6.07) is 5.00. The molecule has 0 aliphatic heterocycles. The van der Waals surface area contributed by atoms with Crippen LogP contribution in [0.3, 0.4) is 0 Å². The zero-order chi connectivity index (χ0) is 14.6. The van der Waals surface area contributed by atoms with E-state index in [-0.39, 0.29) is 36.2 Å². The first-order valence-electron chi connectivity index (χ1n) is 5.95. The van der Waals surface area contributed by atoms with Gasteiger partial charge in [0.15, 0.2) is 0 Å². The molecule has 0 radical (unpaired) electrons. The standard InChI is InChI=1S/C13H18BrN3O2.ClH/c1-7(8(2)15)13(19)17-12-6-10(14)4-5-11(12)16-9(3)18;/h4-8H,15H2,1-3H3,(H,16,18)(H,17,19);1H. The molecule has 20 heavy (non-hydrogen) atoms. The van der Waals surface area contributed by atoms with Gasteiger partial charge in [-0.2, -0.15) is 0 Å². The zero-order valence-electron chi connectivity index (χ0n) is 11.6. The fraction of sp³-hybridized carbons (Fsp3) is 0.385. The number of nitrogens with two attached hydrogens (primary N) is 1. The quantitative estimate of drug-likeness (QED) is 0.768. The molecular formula is C13H19BrClN3O2.